The Morgan fingerprint density at radius 3 is 2.75 bits per heavy atom. The van der Waals surface area contributed by atoms with E-state index in [-0.39, 0.29) is 11.2 Å². The van der Waals surface area contributed by atoms with E-state index in [0.717, 1.165) is 72.4 Å². The molecule has 2 saturated carbocycles. The number of hydrogen-bond donors (Lipinski definition) is 1. The molecule has 0 spiro atoms. The van der Waals surface area contributed by atoms with Gasteiger partial charge in [0.25, 0.3) is 0 Å². The maximum Gasteiger partial charge on any atom is 0.236 e. The van der Waals surface area contributed by atoms with E-state index in [1.807, 2.05) is 25.3 Å². The van der Waals surface area contributed by atoms with E-state index in [4.69, 9.17) is 0 Å². The molecule has 1 aromatic carbocycles. The van der Waals surface area contributed by atoms with Crippen molar-refractivity contribution in [2.24, 2.45) is 0 Å². The number of aromatic amines is 1. The van der Waals surface area contributed by atoms with Crippen LogP contribution in [0.15, 0.2) is 35.6 Å². The fourth-order valence-corrected chi connectivity index (χ4v) is 5.82. The number of nitrogens with one attached hydrogen (secondary N) is 1. The van der Waals surface area contributed by atoms with Crippen molar-refractivity contribution in [3.8, 4) is 17.5 Å². The number of para-hydroxylation sites is 1. The number of rotatable bonds is 6. The molecule has 32 heavy (non-hydrogen) atoms. The minimum absolute atomic E-state index is 0.0163. The molecule has 2 aliphatic carbocycles. The highest BCUT2D eigenvalue weighted by molar-refractivity contribution is 8.00. The molecule has 5 rings (SSSR count). The molecule has 2 heterocycles. The first-order valence-corrected chi connectivity index (χ1v) is 12.3. The molecule has 1 atom stereocenters. The molecule has 0 saturated heterocycles. The average Bonchev–Trinajstić information content (AvgIpc) is 3.45. The van der Waals surface area contributed by atoms with Crippen LogP contribution in [0.3, 0.4) is 0 Å². The van der Waals surface area contributed by atoms with Crippen LogP contribution in [0.1, 0.15) is 57.9 Å². The number of hydrogen-bond acceptors (Lipinski definition) is 5. The van der Waals surface area contributed by atoms with Crippen molar-refractivity contribution in [2.45, 2.75) is 73.9 Å². The summed E-state index contributed by atoms with van der Waals surface area (Å²) in [4.78, 5) is 18.3. The van der Waals surface area contributed by atoms with E-state index in [1.165, 1.54) is 11.8 Å². The number of benzene rings is 1. The molecular formula is C24H28N6OS. The van der Waals surface area contributed by atoms with Gasteiger partial charge in [0.2, 0.25) is 5.91 Å². The lowest BCUT2D eigenvalue weighted by molar-refractivity contribution is -0.133. The lowest BCUT2D eigenvalue weighted by Crippen LogP contribution is -2.52. The summed E-state index contributed by atoms with van der Waals surface area (Å²) in [6, 6.07) is 11.0. The van der Waals surface area contributed by atoms with Gasteiger partial charge in [0.15, 0.2) is 11.0 Å². The molecule has 8 heteroatoms. The second kappa shape index (κ2) is 8.28. The zero-order chi connectivity index (χ0) is 22.3. The third-order valence-electron chi connectivity index (χ3n) is 6.90. The summed E-state index contributed by atoms with van der Waals surface area (Å²) in [7, 11) is 1.79. The average molecular weight is 449 g/mol. The van der Waals surface area contributed by atoms with Crippen LogP contribution in [0.25, 0.3) is 22.3 Å². The molecule has 0 unspecified atom stereocenters. The molecule has 1 N–H and O–H groups in total. The van der Waals surface area contributed by atoms with E-state index in [1.54, 1.807) is 11.9 Å². The second-order valence-electron chi connectivity index (χ2n) is 9.02. The fourth-order valence-electron chi connectivity index (χ4n) is 4.81. The van der Waals surface area contributed by atoms with Gasteiger partial charge in [-0.1, -0.05) is 49.2 Å². The van der Waals surface area contributed by atoms with Crippen molar-refractivity contribution in [1.82, 2.24) is 24.6 Å². The van der Waals surface area contributed by atoms with Crippen LogP contribution in [0.4, 0.5) is 0 Å². The Hall–Kier alpha value is -2.79. The summed E-state index contributed by atoms with van der Waals surface area (Å²) in [6.45, 7) is 1.91. The summed E-state index contributed by atoms with van der Waals surface area (Å²) in [5.74, 6) is 0.832. The predicted molar refractivity (Wildman–Crippen MR) is 125 cm³/mol. The summed E-state index contributed by atoms with van der Waals surface area (Å²) >= 11 is 1.45. The number of H-pyrrole nitrogens is 1. The fraction of sp³-hybridized carbons (Fsp3) is 0.500. The number of nitrogens with zero attached hydrogens (tertiary/aromatic N) is 5. The summed E-state index contributed by atoms with van der Waals surface area (Å²) < 4.78 is 2.20. The van der Waals surface area contributed by atoms with Gasteiger partial charge in [-0.2, -0.15) is 5.26 Å². The van der Waals surface area contributed by atoms with Crippen LogP contribution in [0.5, 0.6) is 0 Å². The van der Waals surface area contributed by atoms with Gasteiger partial charge < -0.3 is 9.88 Å². The topological polar surface area (TPSA) is 90.6 Å². The largest absolute Gasteiger partial charge is 0.360 e. The zero-order valence-electron chi connectivity index (χ0n) is 18.5. The highest BCUT2D eigenvalue weighted by Crippen LogP contribution is 2.43. The van der Waals surface area contributed by atoms with Crippen molar-refractivity contribution in [1.29, 1.82) is 5.26 Å². The number of thioether (sulfide) groups is 1. The Bertz CT molecular complexity index is 1180. The molecule has 1 amide bonds. The van der Waals surface area contributed by atoms with E-state index in [0.29, 0.717) is 6.04 Å². The molecule has 166 valence electrons. The molecule has 2 fully saturated rings. The van der Waals surface area contributed by atoms with Gasteiger partial charge in [0.1, 0.15) is 5.54 Å². The first-order valence-electron chi connectivity index (χ1n) is 11.4. The molecule has 2 aliphatic rings. The Balaban J connectivity index is 1.41. The third kappa shape index (κ3) is 3.58. The Morgan fingerprint density at radius 2 is 2.03 bits per heavy atom. The van der Waals surface area contributed by atoms with Crippen molar-refractivity contribution in [3.05, 3.63) is 30.5 Å². The van der Waals surface area contributed by atoms with Crippen molar-refractivity contribution in [2.75, 3.05) is 7.05 Å². The Kier molecular flexibility index (Phi) is 5.46. The number of carbonyl (C=O) groups excluding carboxylic acids is 1. The van der Waals surface area contributed by atoms with Gasteiger partial charge in [-0.15, -0.1) is 10.2 Å². The number of amides is 1. The van der Waals surface area contributed by atoms with Crippen LogP contribution >= 0.6 is 11.8 Å². The van der Waals surface area contributed by atoms with E-state index in [9.17, 15) is 10.1 Å². The Labute approximate surface area is 192 Å². The first kappa shape index (κ1) is 21.1. The van der Waals surface area contributed by atoms with Crippen molar-refractivity contribution < 1.29 is 4.79 Å². The van der Waals surface area contributed by atoms with Crippen LogP contribution in [0.2, 0.25) is 0 Å². The van der Waals surface area contributed by atoms with E-state index in [2.05, 4.69) is 38.0 Å². The standard InChI is InChI=1S/C24H28N6OS/c1-16(22(31)29(2)24(15-25)12-6-3-7-13-24)32-23-28-27-21(30(23)17-10-11-17)19-14-26-20-9-5-4-8-18(19)20/h4-5,8-9,14,16-17,26H,3,6-7,10-13H2,1-2H3/t16-/m0/s1. The third-order valence-corrected chi connectivity index (χ3v) is 7.94. The molecule has 0 radical (unpaired) electrons. The molecule has 2 aromatic heterocycles. The molecule has 7 nitrogen and oxygen atoms in total. The summed E-state index contributed by atoms with van der Waals surface area (Å²) in [6.07, 6.45) is 8.83. The lowest BCUT2D eigenvalue weighted by Gasteiger charge is -2.40. The van der Waals surface area contributed by atoms with Crippen LogP contribution in [-0.2, 0) is 4.79 Å². The molecular weight excluding hydrogens is 420 g/mol. The van der Waals surface area contributed by atoms with Crippen LogP contribution in [0, 0.1) is 11.3 Å². The second-order valence-corrected chi connectivity index (χ2v) is 10.3. The van der Waals surface area contributed by atoms with Gasteiger partial charge in [0.05, 0.1) is 11.3 Å². The highest BCUT2D eigenvalue weighted by atomic mass is 32.2. The smallest absolute Gasteiger partial charge is 0.236 e. The number of carbonyl (C=O) groups is 1. The molecule has 3 aromatic rings. The SMILES string of the molecule is C[C@H](Sc1nnc(-c2c[nH]c3ccccc23)n1C1CC1)C(=O)N(C)C1(C#N)CCCCC1. The normalized spacial score (nSPS) is 18.9. The maximum atomic E-state index is 13.3. The van der Waals surface area contributed by atoms with Gasteiger partial charge in [-0.3, -0.25) is 9.36 Å². The maximum absolute atomic E-state index is 13.3. The summed E-state index contributed by atoms with van der Waals surface area (Å²) in [5.41, 5.74) is 1.43. The predicted octanol–water partition coefficient (Wildman–Crippen LogP) is 4.93. The van der Waals surface area contributed by atoms with Gasteiger partial charge in [-0.25, -0.2) is 0 Å². The van der Waals surface area contributed by atoms with Gasteiger partial charge in [-0.05, 0) is 38.7 Å². The van der Waals surface area contributed by atoms with E-state index >= 15 is 0 Å². The van der Waals surface area contributed by atoms with Crippen molar-refractivity contribution in [3.63, 3.8) is 0 Å². The number of nitriles is 1. The van der Waals surface area contributed by atoms with Crippen LogP contribution < -0.4 is 0 Å². The molecule has 0 bridgehead atoms. The van der Waals surface area contributed by atoms with Crippen molar-refractivity contribution >= 4 is 28.6 Å². The highest BCUT2D eigenvalue weighted by Gasteiger charge is 2.41. The minimum atomic E-state index is -0.677. The zero-order valence-corrected chi connectivity index (χ0v) is 19.4. The number of fused-ring (bicyclic) bond motifs is 1. The number of aromatic nitrogens is 4. The monoisotopic (exact) mass is 448 g/mol. The Morgan fingerprint density at radius 1 is 1.28 bits per heavy atom. The summed E-state index contributed by atoms with van der Waals surface area (Å²) in [5, 5.41) is 20.5. The quantitative estimate of drug-likeness (QED) is 0.540. The van der Waals surface area contributed by atoms with Crippen LogP contribution in [-0.4, -0.2) is 48.4 Å². The molecule has 0 aliphatic heterocycles. The van der Waals surface area contributed by atoms with Gasteiger partial charge in [0, 0.05) is 35.8 Å². The first-order chi connectivity index (χ1) is 15.5. The lowest BCUT2D eigenvalue weighted by atomic mass is 9.81. The minimum Gasteiger partial charge on any atom is -0.360 e. The van der Waals surface area contributed by atoms with E-state index < -0.39 is 5.54 Å². The van der Waals surface area contributed by atoms with Gasteiger partial charge >= 0.3 is 0 Å².